The van der Waals surface area contributed by atoms with E-state index in [1.807, 2.05) is 13.8 Å². The monoisotopic (exact) mass is 758 g/mol. The lowest BCUT2D eigenvalue weighted by atomic mass is 9.79. The lowest BCUT2D eigenvalue weighted by molar-refractivity contribution is -0.850. The van der Waals surface area contributed by atoms with E-state index >= 15 is 0 Å². The zero-order valence-electron chi connectivity index (χ0n) is 33.5. The molecular weight excluding hydrogens is 701 g/mol. The van der Waals surface area contributed by atoms with Gasteiger partial charge >= 0.3 is 0 Å². The van der Waals surface area contributed by atoms with Gasteiger partial charge in [0.05, 0.1) is 22.1 Å². The first-order chi connectivity index (χ1) is 26.2. The summed E-state index contributed by atoms with van der Waals surface area (Å²) in [6, 6.07) is 26.5. The molecule has 0 amide bonds. The Labute approximate surface area is 329 Å². The maximum absolute atomic E-state index is 12.2. The number of carbonyl (C=O) groups is 1. The summed E-state index contributed by atoms with van der Waals surface area (Å²) in [6.07, 6.45) is 19.7. The number of quaternary nitrogens is 1. The van der Waals surface area contributed by atoms with Crippen LogP contribution in [-0.4, -0.2) is 43.6 Å². The van der Waals surface area contributed by atoms with Crippen LogP contribution in [-0.2, 0) is 25.7 Å². The second-order valence-corrected chi connectivity index (χ2v) is 18.3. The summed E-state index contributed by atoms with van der Waals surface area (Å²) in [5.74, 6) is 0.131. The van der Waals surface area contributed by atoms with Crippen molar-refractivity contribution in [3.63, 3.8) is 0 Å². The fourth-order valence-electron chi connectivity index (χ4n) is 8.70. The summed E-state index contributed by atoms with van der Waals surface area (Å²) in [7, 11) is -4.23. The number of Topliss-reactive ketones (excluding diaryl/α,β-unsaturated/α-hetero) is 1. The minimum absolute atomic E-state index is 0.102. The number of rotatable bonds is 16. The van der Waals surface area contributed by atoms with Crippen LogP contribution in [0.3, 0.4) is 0 Å². The molecule has 2 unspecified atom stereocenters. The topological polar surface area (TPSA) is 82.0 Å². The normalized spacial score (nSPS) is 19.9. The third-order valence-corrected chi connectivity index (χ3v) is 12.7. The summed E-state index contributed by atoms with van der Waals surface area (Å²) in [5.41, 5.74) is 6.14. The number of carbonyl (C=O) groups excluding carboxylic acids is 1. The maximum Gasteiger partial charge on any atom is 0.136 e. The first-order valence-corrected chi connectivity index (χ1v) is 21.6. The molecule has 2 atom stereocenters. The van der Waals surface area contributed by atoms with Gasteiger partial charge in [0.1, 0.15) is 17.5 Å². The Balaban J connectivity index is 1.20. The summed E-state index contributed by atoms with van der Waals surface area (Å²) in [6.45, 7) is 14.8. The van der Waals surface area contributed by atoms with Crippen molar-refractivity contribution in [2.24, 2.45) is 5.92 Å². The second-order valence-electron chi connectivity index (χ2n) is 16.8. The number of unbranched alkanes of at least 4 members (excludes halogenated alkanes) is 3. The van der Waals surface area contributed by atoms with Crippen LogP contribution >= 0.6 is 0 Å². The molecule has 2 aliphatic rings. The number of allylic oxidation sites excluding steroid dienone is 7. The highest BCUT2D eigenvalue weighted by Gasteiger charge is 2.48. The van der Waals surface area contributed by atoms with E-state index in [1.165, 1.54) is 54.6 Å². The number of nitrogens with one attached hydrogen (secondary N) is 1. The van der Waals surface area contributed by atoms with Crippen molar-refractivity contribution in [1.82, 2.24) is 0 Å². The molecule has 290 valence electrons. The third-order valence-electron chi connectivity index (χ3n) is 11.9. The minimum atomic E-state index is -4.23. The van der Waals surface area contributed by atoms with Crippen molar-refractivity contribution in [3.8, 4) is 0 Å². The Morgan fingerprint density at radius 2 is 1.38 bits per heavy atom. The zero-order valence-corrected chi connectivity index (χ0v) is 34.3. The van der Waals surface area contributed by atoms with E-state index in [0.717, 1.165) is 32.4 Å². The molecule has 4 aromatic carbocycles. The summed E-state index contributed by atoms with van der Waals surface area (Å²) < 4.78 is 33.9. The first-order valence-electron chi connectivity index (χ1n) is 20.1. The van der Waals surface area contributed by atoms with E-state index in [1.54, 1.807) is 0 Å². The molecular formula is C48H58N2O4S. The van der Waals surface area contributed by atoms with Crippen molar-refractivity contribution in [1.29, 1.82) is 0 Å². The molecule has 55 heavy (non-hydrogen) atoms. The molecule has 0 saturated carbocycles. The third kappa shape index (κ3) is 9.06. The molecule has 7 heteroatoms. The number of hydrogen-bond acceptors (Lipinski definition) is 5. The number of ketones is 1. The molecule has 1 N–H and O–H groups in total. The lowest BCUT2D eigenvalue weighted by Gasteiger charge is -2.27. The molecule has 2 aliphatic heterocycles. The van der Waals surface area contributed by atoms with Crippen LogP contribution in [0.5, 0.6) is 0 Å². The van der Waals surface area contributed by atoms with Gasteiger partial charge in [-0.1, -0.05) is 113 Å². The average molecular weight is 759 g/mol. The average Bonchev–Trinajstić information content (AvgIpc) is 3.47. The highest BCUT2D eigenvalue weighted by Crippen LogP contribution is 2.49. The van der Waals surface area contributed by atoms with Crippen molar-refractivity contribution >= 4 is 48.8 Å². The van der Waals surface area contributed by atoms with E-state index in [-0.39, 0.29) is 28.5 Å². The molecule has 0 radical (unpaired) electrons. The fraction of sp³-hybridized carbons (Fsp3) is 0.396. The number of benzene rings is 4. The zero-order chi connectivity index (χ0) is 39.4. The van der Waals surface area contributed by atoms with Gasteiger partial charge in [0, 0.05) is 53.1 Å². The lowest BCUT2D eigenvalue weighted by Crippen LogP contribution is -3.10. The predicted octanol–water partition coefficient (Wildman–Crippen LogP) is 9.63. The molecule has 0 bridgehead atoms. The summed E-state index contributed by atoms with van der Waals surface area (Å²) in [4.78, 5) is 16.0. The van der Waals surface area contributed by atoms with Crippen LogP contribution in [0, 0.1) is 5.92 Å². The number of anilines is 1. The van der Waals surface area contributed by atoms with E-state index in [9.17, 15) is 17.8 Å². The van der Waals surface area contributed by atoms with Gasteiger partial charge in [0.25, 0.3) is 0 Å². The molecule has 4 aromatic rings. The molecule has 0 fully saturated rings. The van der Waals surface area contributed by atoms with Crippen LogP contribution in [0.25, 0.3) is 21.5 Å². The van der Waals surface area contributed by atoms with Gasteiger partial charge in [-0.25, -0.2) is 8.42 Å². The van der Waals surface area contributed by atoms with Crippen molar-refractivity contribution in [3.05, 3.63) is 132 Å². The summed E-state index contributed by atoms with van der Waals surface area (Å²) in [5, 5.41) is 4.91. The van der Waals surface area contributed by atoms with Crippen LogP contribution in [0.2, 0.25) is 0 Å². The Morgan fingerprint density at radius 1 is 0.782 bits per heavy atom. The van der Waals surface area contributed by atoms with Crippen LogP contribution in [0.1, 0.15) is 91.2 Å². The highest BCUT2D eigenvalue weighted by atomic mass is 32.2. The number of nitrogens with zero attached hydrogens (tertiary/aromatic N) is 1. The Bertz CT molecular complexity index is 2260. The van der Waals surface area contributed by atoms with Gasteiger partial charge in [0.15, 0.2) is 0 Å². The summed E-state index contributed by atoms with van der Waals surface area (Å²) >= 11 is 0. The Morgan fingerprint density at radius 3 is 2.04 bits per heavy atom. The Kier molecular flexibility index (Phi) is 12.3. The van der Waals surface area contributed by atoms with Gasteiger partial charge in [-0.3, -0.25) is 9.69 Å². The van der Waals surface area contributed by atoms with Crippen LogP contribution < -0.4 is 9.80 Å². The molecule has 0 aliphatic carbocycles. The highest BCUT2D eigenvalue weighted by molar-refractivity contribution is 7.85. The quantitative estimate of drug-likeness (QED) is 0.0700. The molecule has 0 spiro atoms. The van der Waals surface area contributed by atoms with Gasteiger partial charge in [0.2, 0.25) is 0 Å². The smallest absolute Gasteiger partial charge is 0.136 e. The molecule has 0 saturated heterocycles. The first kappa shape index (κ1) is 40.4. The van der Waals surface area contributed by atoms with E-state index in [4.69, 9.17) is 0 Å². The van der Waals surface area contributed by atoms with Gasteiger partial charge < -0.3 is 9.45 Å². The maximum atomic E-state index is 12.2. The predicted molar refractivity (Wildman–Crippen MR) is 228 cm³/mol. The molecule has 6 nitrogen and oxygen atoms in total. The van der Waals surface area contributed by atoms with Crippen LogP contribution in [0.4, 0.5) is 11.4 Å². The minimum Gasteiger partial charge on any atom is -0.748 e. The standard InChI is InChI=1S/C48H58N2O4S/c1-35(2)44(51)25-11-10-18-28-49-42-33-38-23-16-14-21-36(38)31-40(42)47(3,4)45(49)26-12-8-7-9-13-27-46-48(5,6)41-32-37-22-15-17-24-39(37)34-43(41)50(46)29-19-20-30-55(52,53)54/h7-9,12-17,21-24,26-27,31-35,46H,10-11,18-20,25,28-30H2,1-6H3,(H,52,53,54)/b9-7+,12-8+,27-13+,45-26+. The molecule has 0 aromatic heterocycles. The van der Waals surface area contributed by atoms with Crippen molar-refractivity contribution in [2.45, 2.75) is 96.9 Å². The van der Waals surface area contributed by atoms with Gasteiger partial charge in [-0.15, -0.1) is 0 Å². The van der Waals surface area contributed by atoms with E-state index < -0.39 is 10.1 Å². The largest absolute Gasteiger partial charge is 0.748 e. The SMILES string of the molecule is CC(C)C(=O)CCCCCN1/C(=C/C=C/C=C/C=C/C2[NH+](CCCCS(=O)(=O)[O-])c3cc4ccccc4cc3C2(C)C)C(C)(C)c2cc3ccccc3cc21. The van der Waals surface area contributed by atoms with Crippen LogP contribution in [0.15, 0.2) is 121 Å². The van der Waals surface area contributed by atoms with Crippen molar-refractivity contribution < 1.29 is 22.7 Å². The molecule has 6 rings (SSSR count). The van der Waals surface area contributed by atoms with E-state index in [2.05, 4.69) is 148 Å². The van der Waals surface area contributed by atoms with E-state index in [0.29, 0.717) is 25.0 Å². The van der Waals surface area contributed by atoms with Gasteiger partial charge in [-0.05, 0) is 97.0 Å². The van der Waals surface area contributed by atoms with Crippen molar-refractivity contribution in [2.75, 3.05) is 23.7 Å². The second kappa shape index (κ2) is 16.8. The Hall–Kier alpha value is -4.30. The number of fused-ring (bicyclic) bond motifs is 4. The number of hydrogen-bond donors (Lipinski definition) is 1. The van der Waals surface area contributed by atoms with Gasteiger partial charge in [-0.2, -0.15) is 0 Å². The molecule has 2 heterocycles. The fourth-order valence-corrected chi connectivity index (χ4v) is 9.25.